The molecule has 0 aliphatic carbocycles. The highest BCUT2D eigenvalue weighted by atomic mass is 19.1. The van der Waals surface area contributed by atoms with E-state index in [4.69, 9.17) is 5.11 Å². The molecule has 1 heterocycles. The van der Waals surface area contributed by atoms with Crippen LogP contribution in [0, 0.1) is 5.82 Å². The molecule has 20 heavy (non-hydrogen) atoms. The monoisotopic (exact) mass is 275 g/mol. The highest BCUT2D eigenvalue weighted by Gasteiger charge is 2.18. The van der Waals surface area contributed by atoms with E-state index in [0.29, 0.717) is 12.0 Å². The third-order valence-electron chi connectivity index (χ3n) is 3.30. The molecule has 1 aromatic carbocycles. The van der Waals surface area contributed by atoms with Crippen molar-refractivity contribution in [2.24, 2.45) is 0 Å². The number of allylic oxidation sites excluding steroid dienone is 2. The number of carbonyl (C=O) groups is 1. The third kappa shape index (κ3) is 3.78. The van der Waals surface area contributed by atoms with Crippen molar-refractivity contribution in [3.63, 3.8) is 0 Å². The Hall–Kier alpha value is -1.94. The minimum Gasteiger partial charge on any atom is -0.396 e. The molecule has 0 radical (unpaired) electrons. The number of nitrogens with zero attached hydrogens (tertiary/aromatic N) is 1. The summed E-state index contributed by atoms with van der Waals surface area (Å²) in [5, 5.41) is 8.91. The van der Waals surface area contributed by atoms with E-state index >= 15 is 0 Å². The maximum atomic E-state index is 12.8. The zero-order valence-corrected chi connectivity index (χ0v) is 11.2. The summed E-state index contributed by atoms with van der Waals surface area (Å²) in [4.78, 5) is 14.1. The fraction of sp³-hybridized carbons (Fsp3) is 0.312. The summed E-state index contributed by atoms with van der Waals surface area (Å²) in [6.07, 6.45) is 9.23. The molecule has 0 amide bonds. The summed E-state index contributed by atoms with van der Waals surface area (Å²) in [6, 6.07) is 5.72. The second-order valence-corrected chi connectivity index (χ2v) is 4.76. The molecule has 0 fully saturated rings. The van der Waals surface area contributed by atoms with Crippen molar-refractivity contribution in [1.29, 1.82) is 0 Å². The molecular formula is C16H18FNO2. The predicted octanol–water partition coefficient (Wildman–Crippen LogP) is 2.54. The van der Waals surface area contributed by atoms with Gasteiger partial charge in [-0.1, -0.05) is 12.2 Å². The Labute approximate surface area is 118 Å². The van der Waals surface area contributed by atoms with Gasteiger partial charge in [-0.05, 0) is 43.2 Å². The van der Waals surface area contributed by atoms with E-state index in [-0.39, 0.29) is 30.8 Å². The molecule has 3 nitrogen and oxygen atoms in total. The average Bonchev–Trinajstić information content (AvgIpc) is 2.47. The molecule has 0 bridgehead atoms. The first-order chi connectivity index (χ1) is 9.70. The normalized spacial score (nSPS) is 17.5. The number of halogens is 1. The number of carbonyl (C=O) groups excluding carboxylic acids is 1. The first-order valence-electron chi connectivity index (χ1n) is 6.71. The summed E-state index contributed by atoms with van der Waals surface area (Å²) in [5.41, 5.74) is 0.510. The van der Waals surface area contributed by atoms with Crippen LogP contribution in [0.15, 0.2) is 48.7 Å². The Morgan fingerprint density at radius 2 is 2.00 bits per heavy atom. The van der Waals surface area contributed by atoms with Crippen molar-refractivity contribution < 1.29 is 14.3 Å². The Morgan fingerprint density at radius 1 is 1.25 bits per heavy atom. The second-order valence-electron chi connectivity index (χ2n) is 4.76. The summed E-state index contributed by atoms with van der Waals surface area (Å²) in [6.45, 7) is 0.399. The highest BCUT2D eigenvalue weighted by Crippen LogP contribution is 2.15. The van der Waals surface area contributed by atoms with Crippen molar-refractivity contribution in [2.45, 2.75) is 18.9 Å². The van der Waals surface area contributed by atoms with Crippen LogP contribution in [0.4, 0.5) is 4.39 Å². The number of ketones is 1. The van der Waals surface area contributed by atoms with E-state index in [2.05, 4.69) is 0 Å². The van der Waals surface area contributed by atoms with Crippen LogP contribution in [0.5, 0.6) is 0 Å². The van der Waals surface area contributed by atoms with E-state index in [0.717, 1.165) is 6.42 Å². The van der Waals surface area contributed by atoms with Crippen LogP contribution in [0.1, 0.15) is 23.2 Å². The van der Waals surface area contributed by atoms with Crippen LogP contribution in [0.3, 0.4) is 0 Å². The Balaban J connectivity index is 2.00. The SMILES string of the molecule is O=C(CN1C=CC=CC1CCCO)c1ccc(F)cc1. The van der Waals surface area contributed by atoms with Gasteiger partial charge in [0.15, 0.2) is 5.78 Å². The molecular weight excluding hydrogens is 257 g/mol. The van der Waals surface area contributed by atoms with Crippen LogP contribution in [0.25, 0.3) is 0 Å². The molecule has 2 rings (SSSR count). The van der Waals surface area contributed by atoms with E-state index in [9.17, 15) is 9.18 Å². The van der Waals surface area contributed by atoms with Crippen molar-refractivity contribution in [2.75, 3.05) is 13.2 Å². The molecule has 4 heteroatoms. The molecule has 1 aliphatic rings. The molecule has 0 aromatic heterocycles. The van der Waals surface area contributed by atoms with Crippen molar-refractivity contribution in [1.82, 2.24) is 4.90 Å². The van der Waals surface area contributed by atoms with E-state index in [1.807, 2.05) is 29.3 Å². The number of benzene rings is 1. The van der Waals surface area contributed by atoms with Gasteiger partial charge >= 0.3 is 0 Å². The lowest BCUT2D eigenvalue weighted by molar-refractivity contribution is 0.0940. The smallest absolute Gasteiger partial charge is 0.182 e. The summed E-state index contributed by atoms with van der Waals surface area (Å²) in [5.74, 6) is -0.387. The van der Waals surface area contributed by atoms with Gasteiger partial charge in [0.25, 0.3) is 0 Å². The minimum absolute atomic E-state index is 0.0426. The van der Waals surface area contributed by atoms with Gasteiger partial charge in [-0.2, -0.15) is 0 Å². The quantitative estimate of drug-likeness (QED) is 0.811. The Bertz CT molecular complexity index is 508. The molecule has 0 saturated heterocycles. The lowest BCUT2D eigenvalue weighted by Crippen LogP contribution is -2.35. The lowest BCUT2D eigenvalue weighted by Gasteiger charge is -2.29. The molecule has 0 spiro atoms. The summed E-state index contributed by atoms with van der Waals surface area (Å²) in [7, 11) is 0. The van der Waals surface area contributed by atoms with Gasteiger partial charge in [-0.15, -0.1) is 0 Å². The zero-order valence-electron chi connectivity index (χ0n) is 11.2. The molecule has 1 aromatic rings. The van der Waals surface area contributed by atoms with E-state index in [1.165, 1.54) is 24.3 Å². The molecule has 1 atom stereocenters. The maximum absolute atomic E-state index is 12.8. The van der Waals surface area contributed by atoms with E-state index in [1.54, 1.807) is 0 Å². The van der Waals surface area contributed by atoms with Crippen molar-refractivity contribution in [3.05, 3.63) is 60.1 Å². The zero-order chi connectivity index (χ0) is 14.4. The van der Waals surface area contributed by atoms with Crippen LogP contribution in [-0.2, 0) is 0 Å². The summed E-state index contributed by atoms with van der Waals surface area (Å²) < 4.78 is 12.8. The fourth-order valence-corrected chi connectivity index (χ4v) is 2.20. The predicted molar refractivity (Wildman–Crippen MR) is 75.8 cm³/mol. The van der Waals surface area contributed by atoms with E-state index < -0.39 is 0 Å². The van der Waals surface area contributed by atoms with Gasteiger partial charge < -0.3 is 10.0 Å². The van der Waals surface area contributed by atoms with Gasteiger partial charge in [0.1, 0.15) is 5.82 Å². The maximum Gasteiger partial charge on any atom is 0.182 e. The molecule has 0 saturated carbocycles. The standard InChI is InChI=1S/C16H18FNO2/c17-14-8-6-13(7-9-14)16(20)12-18-10-2-1-4-15(18)5-3-11-19/h1-2,4,6-10,15,19H,3,5,11-12H2. The highest BCUT2D eigenvalue weighted by molar-refractivity contribution is 5.97. The summed E-state index contributed by atoms with van der Waals surface area (Å²) >= 11 is 0. The lowest BCUT2D eigenvalue weighted by atomic mass is 10.1. The Kier molecular flexibility index (Phi) is 5.07. The largest absolute Gasteiger partial charge is 0.396 e. The number of Topliss-reactive ketones (excluding diaryl/α,β-unsaturated/α-hetero) is 1. The first kappa shape index (κ1) is 14.5. The first-order valence-corrected chi connectivity index (χ1v) is 6.71. The number of rotatable bonds is 6. The molecule has 1 aliphatic heterocycles. The number of aliphatic hydroxyl groups is 1. The van der Waals surface area contributed by atoms with Gasteiger partial charge in [0.05, 0.1) is 6.54 Å². The van der Waals surface area contributed by atoms with Crippen molar-refractivity contribution >= 4 is 5.78 Å². The van der Waals surface area contributed by atoms with Crippen molar-refractivity contribution in [3.8, 4) is 0 Å². The van der Waals surface area contributed by atoms with Gasteiger partial charge in [0, 0.05) is 24.4 Å². The van der Waals surface area contributed by atoms with Crippen LogP contribution >= 0.6 is 0 Å². The number of hydrogen-bond acceptors (Lipinski definition) is 3. The molecule has 106 valence electrons. The van der Waals surface area contributed by atoms with Crippen LogP contribution < -0.4 is 0 Å². The fourth-order valence-electron chi connectivity index (χ4n) is 2.20. The topological polar surface area (TPSA) is 40.5 Å². The third-order valence-corrected chi connectivity index (χ3v) is 3.30. The Morgan fingerprint density at radius 3 is 2.70 bits per heavy atom. The number of aliphatic hydroxyl groups excluding tert-OH is 1. The van der Waals surface area contributed by atoms with Crippen LogP contribution in [-0.4, -0.2) is 35.0 Å². The molecule has 1 unspecified atom stereocenters. The molecule has 1 N–H and O–H groups in total. The second kappa shape index (κ2) is 7.01. The minimum atomic E-state index is -0.344. The average molecular weight is 275 g/mol. The van der Waals surface area contributed by atoms with Crippen LogP contribution in [0.2, 0.25) is 0 Å². The van der Waals surface area contributed by atoms with Gasteiger partial charge in [-0.3, -0.25) is 4.79 Å². The van der Waals surface area contributed by atoms with Gasteiger partial charge in [0.2, 0.25) is 0 Å². The van der Waals surface area contributed by atoms with Gasteiger partial charge in [-0.25, -0.2) is 4.39 Å². The number of hydrogen-bond donors (Lipinski definition) is 1.